The second kappa shape index (κ2) is 8.67. The van der Waals surface area contributed by atoms with Crippen LogP contribution >= 0.6 is 0 Å². The molecule has 3 unspecified atom stereocenters. The zero-order valence-electron chi connectivity index (χ0n) is 16.0. The van der Waals surface area contributed by atoms with Gasteiger partial charge < -0.3 is 21.1 Å². The smallest absolute Gasteiger partial charge is 0.247 e. The molecule has 2 amide bonds. The van der Waals surface area contributed by atoms with Crippen molar-refractivity contribution in [1.82, 2.24) is 16.0 Å². The molecule has 0 saturated carbocycles. The van der Waals surface area contributed by atoms with E-state index in [0.29, 0.717) is 12.0 Å². The van der Waals surface area contributed by atoms with Gasteiger partial charge in [-0.05, 0) is 38.8 Å². The highest BCUT2D eigenvalue weighted by molar-refractivity contribution is 6.00. The normalized spacial score (nSPS) is 26.2. The van der Waals surface area contributed by atoms with Crippen LogP contribution in [0.1, 0.15) is 32.3 Å². The number of piperidine rings is 1. The number of aliphatic hydroxyl groups is 1. The number of carbonyl (C=O) groups excluding carboxylic acids is 2. The fourth-order valence-corrected chi connectivity index (χ4v) is 4.31. The van der Waals surface area contributed by atoms with E-state index in [2.05, 4.69) is 22.9 Å². The SMILES string of the molecule is CC1=C(CC(=O)N[C@@H](CO)Cc2ccccc2)C(=O)NC2CCNC(C)C12. The van der Waals surface area contributed by atoms with E-state index in [1.54, 1.807) is 0 Å². The van der Waals surface area contributed by atoms with Gasteiger partial charge in [-0.25, -0.2) is 0 Å². The summed E-state index contributed by atoms with van der Waals surface area (Å²) >= 11 is 0. The van der Waals surface area contributed by atoms with Crippen molar-refractivity contribution in [2.24, 2.45) is 5.92 Å². The maximum absolute atomic E-state index is 12.6. The van der Waals surface area contributed by atoms with Gasteiger partial charge in [-0.1, -0.05) is 35.9 Å². The molecule has 27 heavy (non-hydrogen) atoms. The van der Waals surface area contributed by atoms with Gasteiger partial charge in [0.15, 0.2) is 0 Å². The molecule has 4 atom stereocenters. The van der Waals surface area contributed by atoms with Gasteiger partial charge >= 0.3 is 0 Å². The van der Waals surface area contributed by atoms with E-state index in [0.717, 1.165) is 24.1 Å². The maximum Gasteiger partial charge on any atom is 0.247 e. The lowest BCUT2D eigenvalue weighted by molar-refractivity contribution is -0.124. The maximum atomic E-state index is 12.6. The van der Waals surface area contributed by atoms with Gasteiger partial charge in [-0.15, -0.1) is 0 Å². The van der Waals surface area contributed by atoms with Crippen molar-refractivity contribution < 1.29 is 14.7 Å². The molecule has 4 N–H and O–H groups in total. The van der Waals surface area contributed by atoms with Crippen LogP contribution in [0.25, 0.3) is 0 Å². The Morgan fingerprint density at radius 2 is 2.07 bits per heavy atom. The first-order chi connectivity index (χ1) is 13.0. The fraction of sp³-hybridized carbons (Fsp3) is 0.524. The summed E-state index contributed by atoms with van der Waals surface area (Å²) in [4.78, 5) is 25.1. The Morgan fingerprint density at radius 1 is 1.33 bits per heavy atom. The van der Waals surface area contributed by atoms with Gasteiger partial charge in [0.2, 0.25) is 11.8 Å². The molecular formula is C21H29N3O3. The van der Waals surface area contributed by atoms with Gasteiger partial charge in [0.1, 0.15) is 0 Å². The Kier molecular flexibility index (Phi) is 6.29. The Morgan fingerprint density at radius 3 is 2.78 bits per heavy atom. The molecule has 2 aliphatic heterocycles. The number of fused-ring (bicyclic) bond motifs is 1. The van der Waals surface area contributed by atoms with Crippen LogP contribution in [0.4, 0.5) is 0 Å². The highest BCUT2D eigenvalue weighted by Gasteiger charge is 2.39. The lowest BCUT2D eigenvalue weighted by Crippen LogP contribution is -2.57. The molecule has 0 radical (unpaired) electrons. The number of nitrogens with one attached hydrogen (secondary N) is 3. The summed E-state index contributed by atoms with van der Waals surface area (Å²) in [7, 11) is 0. The number of aliphatic hydroxyl groups excluding tert-OH is 1. The summed E-state index contributed by atoms with van der Waals surface area (Å²) < 4.78 is 0. The topological polar surface area (TPSA) is 90.5 Å². The Bertz CT molecular complexity index is 717. The van der Waals surface area contributed by atoms with Gasteiger partial charge in [-0.3, -0.25) is 9.59 Å². The Balaban J connectivity index is 1.66. The van der Waals surface area contributed by atoms with Crippen LogP contribution in [-0.4, -0.2) is 48.2 Å². The van der Waals surface area contributed by atoms with Crippen molar-refractivity contribution in [2.75, 3.05) is 13.2 Å². The molecule has 0 spiro atoms. The van der Waals surface area contributed by atoms with E-state index in [1.165, 1.54) is 0 Å². The van der Waals surface area contributed by atoms with Crippen molar-refractivity contribution >= 4 is 11.8 Å². The van der Waals surface area contributed by atoms with Crippen molar-refractivity contribution in [3.8, 4) is 0 Å². The average Bonchev–Trinajstić information content (AvgIpc) is 2.65. The monoisotopic (exact) mass is 371 g/mol. The van der Waals surface area contributed by atoms with Gasteiger partial charge in [0.25, 0.3) is 0 Å². The number of hydrogen-bond acceptors (Lipinski definition) is 4. The average molecular weight is 371 g/mol. The van der Waals surface area contributed by atoms with E-state index < -0.39 is 0 Å². The molecule has 2 heterocycles. The zero-order chi connectivity index (χ0) is 19.4. The van der Waals surface area contributed by atoms with Gasteiger partial charge in [-0.2, -0.15) is 0 Å². The third-order valence-corrected chi connectivity index (χ3v) is 5.71. The van der Waals surface area contributed by atoms with Crippen LogP contribution < -0.4 is 16.0 Å². The third-order valence-electron chi connectivity index (χ3n) is 5.71. The largest absolute Gasteiger partial charge is 0.394 e. The molecule has 0 aromatic heterocycles. The van der Waals surface area contributed by atoms with Gasteiger partial charge in [0, 0.05) is 23.6 Å². The first-order valence-electron chi connectivity index (χ1n) is 9.67. The predicted octanol–water partition coefficient (Wildman–Crippen LogP) is 0.909. The van der Waals surface area contributed by atoms with E-state index >= 15 is 0 Å². The van der Waals surface area contributed by atoms with Crippen LogP contribution in [0, 0.1) is 5.92 Å². The van der Waals surface area contributed by atoms with Crippen LogP contribution in [0.2, 0.25) is 0 Å². The molecule has 0 aliphatic carbocycles. The van der Waals surface area contributed by atoms with Crippen LogP contribution in [0.5, 0.6) is 0 Å². The summed E-state index contributed by atoms with van der Waals surface area (Å²) in [6, 6.07) is 9.78. The fourth-order valence-electron chi connectivity index (χ4n) is 4.31. The quantitative estimate of drug-likeness (QED) is 0.598. The van der Waals surface area contributed by atoms with Crippen LogP contribution in [0.15, 0.2) is 41.5 Å². The second-order valence-electron chi connectivity index (χ2n) is 7.61. The molecular weight excluding hydrogens is 342 g/mol. The molecule has 1 fully saturated rings. The predicted molar refractivity (Wildman–Crippen MR) is 104 cm³/mol. The minimum absolute atomic E-state index is 0.0406. The summed E-state index contributed by atoms with van der Waals surface area (Å²) in [5.41, 5.74) is 2.61. The van der Waals surface area contributed by atoms with Gasteiger partial charge in [0.05, 0.1) is 19.1 Å². The first kappa shape index (κ1) is 19.6. The summed E-state index contributed by atoms with van der Waals surface area (Å²) in [5, 5.41) is 19.0. The summed E-state index contributed by atoms with van der Waals surface area (Å²) in [6.07, 6.45) is 1.50. The minimum Gasteiger partial charge on any atom is -0.394 e. The van der Waals surface area contributed by atoms with E-state index in [1.807, 2.05) is 37.3 Å². The van der Waals surface area contributed by atoms with Crippen molar-refractivity contribution in [1.29, 1.82) is 0 Å². The first-order valence-corrected chi connectivity index (χ1v) is 9.67. The van der Waals surface area contributed by atoms with Crippen molar-refractivity contribution in [3.63, 3.8) is 0 Å². The van der Waals surface area contributed by atoms with Crippen molar-refractivity contribution in [2.45, 2.75) is 51.2 Å². The zero-order valence-corrected chi connectivity index (χ0v) is 16.0. The molecule has 146 valence electrons. The highest BCUT2D eigenvalue weighted by atomic mass is 16.3. The lowest BCUT2D eigenvalue weighted by Gasteiger charge is -2.42. The van der Waals surface area contributed by atoms with Crippen LogP contribution in [0.3, 0.4) is 0 Å². The molecule has 3 rings (SSSR count). The molecule has 6 nitrogen and oxygen atoms in total. The number of amides is 2. The molecule has 1 saturated heterocycles. The summed E-state index contributed by atoms with van der Waals surface area (Å²) in [5.74, 6) is -0.150. The van der Waals surface area contributed by atoms with Crippen molar-refractivity contribution in [3.05, 3.63) is 47.0 Å². The highest BCUT2D eigenvalue weighted by Crippen LogP contribution is 2.32. The number of benzene rings is 1. The minimum atomic E-state index is -0.365. The van der Waals surface area contributed by atoms with Crippen LogP contribution in [-0.2, 0) is 16.0 Å². The van der Waals surface area contributed by atoms with E-state index in [4.69, 9.17) is 0 Å². The Hall–Kier alpha value is -2.18. The summed E-state index contributed by atoms with van der Waals surface area (Å²) in [6.45, 7) is 4.84. The second-order valence-corrected chi connectivity index (χ2v) is 7.61. The molecule has 1 aromatic carbocycles. The van der Waals surface area contributed by atoms with E-state index in [-0.39, 0.29) is 48.9 Å². The number of carbonyl (C=O) groups is 2. The van der Waals surface area contributed by atoms with E-state index in [9.17, 15) is 14.7 Å². The third kappa shape index (κ3) is 4.57. The lowest BCUT2D eigenvalue weighted by atomic mass is 9.76. The molecule has 6 heteroatoms. The molecule has 0 bridgehead atoms. The standard InChI is InChI=1S/C21H29N3O3/c1-13-17(21(27)24-18-8-9-22-14(2)20(13)18)11-19(26)23-16(12-25)10-15-6-4-3-5-7-15/h3-7,14,16,18,20,22,25H,8-12H2,1-2H3,(H,23,26)(H,24,27)/t14?,16-,18?,20?/m1/s1. The number of hydrogen-bond donors (Lipinski definition) is 4. The number of rotatable bonds is 6. The molecule has 1 aromatic rings. The Labute approximate surface area is 160 Å². The molecule has 2 aliphatic rings.